The van der Waals surface area contributed by atoms with Gasteiger partial charge in [0.1, 0.15) is 0 Å². The number of imide groups is 1. The Kier molecular flexibility index (Phi) is 7.39. The molecule has 0 radical (unpaired) electrons. The lowest BCUT2D eigenvalue weighted by atomic mass is 9.98. The molecule has 9 nitrogen and oxygen atoms in total. The van der Waals surface area contributed by atoms with Crippen molar-refractivity contribution in [3.8, 4) is 0 Å². The zero-order valence-corrected chi connectivity index (χ0v) is 15.8. The number of carbonyl (C=O) groups is 3. The van der Waals surface area contributed by atoms with Gasteiger partial charge in [-0.3, -0.25) is 14.9 Å². The van der Waals surface area contributed by atoms with Gasteiger partial charge in [-0.1, -0.05) is 12.8 Å². The summed E-state index contributed by atoms with van der Waals surface area (Å²) < 4.78 is 29.9. The van der Waals surface area contributed by atoms with Gasteiger partial charge in [-0.2, -0.15) is 0 Å². The summed E-state index contributed by atoms with van der Waals surface area (Å²) in [5, 5.41) is 4.86. The van der Waals surface area contributed by atoms with Gasteiger partial charge in [0.2, 0.25) is 10.0 Å². The number of ether oxygens (including phenoxy) is 1. The van der Waals surface area contributed by atoms with E-state index in [4.69, 9.17) is 4.74 Å². The molecule has 2 fully saturated rings. The van der Waals surface area contributed by atoms with Crippen LogP contribution < -0.4 is 10.6 Å². The molecule has 0 aromatic rings. The summed E-state index contributed by atoms with van der Waals surface area (Å²) >= 11 is 0. The van der Waals surface area contributed by atoms with Crippen LogP contribution in [0.25, 0.3) is 0 Å². The molecule has 0 bridgehead atoms. The molecule has 0 aromatic carbocycles. The molecule has 2 N–H and O–H groups in total. The Labute approximate surface area is 153 Å². The summed E-state index contributed by atoms with van der Waals surface area (Å²) in [4.78, 5) is 35.4. The Morgan fingerprint density at radius 1 is 1.08 bits per heavy atom. The summed E-state index contributed by atoms with van der Waals surface area (Å²) in [6.07, 6.45) is 4.67. The van der Waals surface area contributed by atoms with Crippen molar-refractivity contribution in [2.75, 3.05) is 25.4 Å². The van der Waals surface area contributed by atoms with E-state index in [1.807, 2.05) is 0 Å². The van der Waals surface area contributed by atoms with E-state index in [0.717, 1.165) is 25.7 Å². The second-order valence-electron chi connectivity index (χ2n) is 6.68. The molecule has 26 heavy (non-hydrogen) atoms. The van der Waals surface area contributed by atoms with E-state index in [0.29, 0.717) is 12.8 Å². The molecule has 1 aliphatic carbocycles. The summed E-state index contributed by atoms with van der Waals surface area (Å²) in [7, 11) is -3.25. The third-order valence-corrected chi connectivity index (χ3v) is 6.72. The molecule has 3 amide bonds. The highest BCUT2D eigenvalue weighted by atomic mass is 32.2. The van der Waals surface area contributed by atoms with Crippen molar-refractivity contribution in [3.05, 3.63) is 0 Å². The van der Waals surface area contributed by atoms with Crippen molar-refractivity contribution in [1.29, 1.82) is 0 Å². The van der Waals surface area contributed by atoms with Crippen LogP contribution in [0.15, 0.2) is 0 Å². The standard InChI is InChI=1S/C16H27N3O6S/c1-2-26(23,24)19-9-7-12(8-10-19)15(21)25-11-14(20)18-16(22)17-13-5-3-4-6-13/h12-13H,2-11H2,1H3,(H2,17,18,20,22). The van der Waals surface area contributed by atoms with Crippen molar-refractivity contribution in [2.45, 2.75) is 51.5 Å². The number of sulfonamides is 1. The first-order chi connectivity index (χ1) is 12.3. The number of piperidine rings is 1. The molecular weight excluding hydrogens is 362 g/mol. The van der Waals surface area contributed by atoms with Crippen LogP contribution in [0.5, 0.6) is 0 Å². The molecule has 0 unspecified atom stereocenters. The summed E-state index contributed by atoms with van der Waals surface area (Å²) in [5.74, 6) is -1.62. The second-order valence-corrected chi connectivity index (χ2v) is 8.94. The van der Waals surface area contributed by atoms with Gasteiger partial charge in [-0.15, -0.1) is 0 Å². The number of hydrogen-bond donors (Lipinski definition) is 2. The third-order valence-electron chi connectivity index (χ3n) is 4.83. The zero-order chi connectivity index (χ0) is 19.2. The summed E-state index contributed by atoms with van der Waals surface area (Å²) in [6, 6.07) is -0.481. The lowest BCUT2D eigenvalue weighted by Gasteiger charge is -2.29. The van der Waals surface area contributed by atoms with E-state index in [2.05, 4.69) is 10.6 Å². The molecule has 0 spiro atoms. The van der Waals surface area contributed by atoms with Crippen LogP contribution in [0, 0.1) is 5.92 Å². The predicted octanol–water partition coefficient (Wildman–Crippen LogP) is 0.360. The monoisotopic (exact) mass is 389 g/mol. The summed E-state index contributed by atoms with van der Waals surface area (Å²) in [6.45, 7) is 1.60. The lowest BCUT2D eigenvalue weighted by Crippen LogP contribution is -2.45. The molecule has 148 valence electrons. The number of nitrogens with one attached hydrogen (secondary N) is 2. The van der Waals surface area contributed by atoms with E-state index in [1.54, 1.807) is 6.92 Å². The van der Waals surface area contributed by atoms with Crippen molar-refractivity contribution in [3.63, 3.8) is 0 Å². The molecule has 2 rings (SSSR count). The highest BCUT2D eigenvalue weighted by molar-refractivity contribution is 7.89. The molecule has 0 atom stereocenters. The highest BCUT2D eigenvalue weighted by Crippen LogP contribution is 2.21. The molecular formula is C16H27N3O6S. The van der Waals surface area contributed by atoms with E-state index < -0.39 is 40.5 Å². The Bertz CT molecular complexity index is 622. The zero-order valence-electron chi connectivity index (χ0n) is 15.0. The van der Waals surface area contributed by atoms with Crippen LogP contribution in [0.4, 0.5) is 4.79 Å². The molecule has 1 heterocycles. The fourth-order valence-electron chi connectivity index (χ4n) is 3.26. The number of carbonyl (C=O) groups excluding carboxylic acids is 3. The molecule has 0 aromatic heterocycles. The van der Waals surface area contributed by atoms with Crippen molar-refractivity contribution >= 4 is 27.9 Å². The SMILES string of the molecule is CCS(=O)(=O)N1CCC(C(=O)OCC(=O)NC(=O)NC2CCCC2)CC1. The second kappa shape index (κ2) is 9.31. The van der Waals surface area contributed by atoms with Crippen LogP contribution in [0.2, 0.25) is 0 Å². The summed E-state index contributed by atoms with van der Waals surface area (Å²) in [5.41, 5.74) is 0. The fraction of sp³-hybridized carbons (Fsp3) is 0.812. The van der Waals surface area contributed by atoms with Crippen LogP contribution >= 0.6 is 0 Å². The Morgan fingerprint density at radius 3 is 2.27 bits per heavy atom. The minimum Gasteiger partial charge on any atom is -0.455 e. The van der Waals surface area contributed by atoms with Crippen molar-refractivity contribution in [1.82, 2.24) is 14.9 Å². The van der Waals surface area contributed by atoms with Crippen LogP contribution in [-0.2, 0) is 24.3 Å². The highest BCUT2D eigenvalue weighted by Gasteiger charge is 2.31. The first-order valence-corrected chi connectivity index (χ1v) is 10.7. The number of nitrogens with zero attached hydrogens (tertiary/aromatic N) is 1. The first-order valence-electron chi connectivity index (χ1n) is 9.06. The third kappa shape index (κ3) is 5.94. The van der Waals surface area contributed by atoms with Crippen LogP contribution in [-0.4, -0.2) is 62.1 Å². The van der Waals surface area contributed by atoms with Crippen molar-refractivity contribution in [2.24, 2.45) is 5.92 Å². The largest absolute Gasteiger partial charge is 0.455 e. The van der Waals surface area contributed by atoms with Gasteiger partial charge in [0.05, 0.1) is 11.7 Å². The average molecular weight is 389 g/mol. The smallest absolute Gasteiger partial charge is 0.321 e. The van der Waals surface area contributed by atoms with Gasteiger partial charge in [0, 0.05) is 19.1 Å². The van der Waals surface area contributed by atoms with Gasteiger partial charge in [0.15, 0.2) is 6.61 Å². The fourth-order valence-corrected chi connectivity index (χ4v) is 4.39. The van der Waals surface area contributed by atoms with Gasteiger partial charge >= 0.3 is 12.0 Å². The molecule has 1 saturated heterocycles. The van der Waals surface area contributed by atoms with Crippen molar-refractivity contribution < 1.29 is 27.5 Å². The molecule has 1 saturated carbocycles. The maximum absolute atomic E-state index is 12.0. The predicted molar refractivity (Wildman–Crippen MR) is 93.6 cm³/mol. The number of amides is 3. The molecule has 10 heteroatoms. The van der Waals surface area contributed by atoms with E-state index >= 15 is 0 Å². The van der Waals surface area contributed by atoms with Gasteiger partial charge in [0.25, 0.3) is 5.91 Å². The molecule has 2 aliphatic rings. The van der Waals surface area contributed by atoms with Crippen LogP contribution in [0.3, 0.4) is 0 Å². The topological polar surface area (TPSA) is 122 Å². The Balaban J connectivity index is 1.66. The Morgan fingerprint density at radius 2 is 1.69 bits per heavy atom. The maximum atomic E-state index is 12.0. The normalized spacial score (nSPS) is 19.9. The quantitative estimate of drug-likeness (QED) is 0.633. The van der Waals surface area contributed by atoms with E-state index in [1.165, 1.54) is 4.31 Å². The number of esters is 1. The maximum Gasteiger partial charge on any atom is 0.321 e. The number of rotatable bonds is 6. The van der Waals surface area contributed by atoms with E-state index in [-0.39, 0.29) is 24.9 Å². The lowest BCUT2D eigenvalue weighted by molar-refractivity contribution is -0.153. The van der Waals surface area contributed by atoms with Crippen LogP contribution in [0.1, 0.15) is 45.4 Å². The van der Waals surface area contributed by atoms with Gasteiger partial charge in [-0.25, -0.2) is 17.5 Å². The average Bonchev–Trinajstić information content (AvgIpc) is 3.12. The minimum absolute atomic E-state index is 0.0329. The first kappa shape index (κ1) is 20.6. The minimum atomic E-state index is -3.25. The molecule has 1 aliphatic heterocycles. The Hall–Kier alpha value is -1.68. The number of hydrogen-bond acceptors (Lipinski definition) is 6. The van der Waals surface area contributed by atoms with E-state index in [9.17, 15) is 22.8 Å². The number of urea groups is 1. The van der Waals surface area contributed by atoms with Gasteiger partial charge in [-0.05, 0) is 32.6 Å². The van der Waals surface area contributed by atoms with Gasteiger partial charge < -0.3 is 10.1 Å².